The van der Waals surface area contributed by atoms with Crippen molar-refractivity contribution >= 4 is 11.6 Å². The molecule has 3 heteroatoms. The number of rotatable bonds is 4. The third-order valence-corrected chi connectivity index (χ3v) is 3.32. The van der Waals surface area contributed by atoms with Crippen molar-refractivity contribution in [3.05, 3.63) is 65.2 Å². The summed E-state index contributed by atoms with van der Waals surface area (Å²) in [7, 11) is 1.82. The summed E-state index contributed by atoms with van der Waals surface area (Å²) in [4.78, 5) is 14.0. The smallest absolute Gasteiger partial charge is 0.227 e. The van der Waals surface area contributed by atoms with E-state index in [9.17, 15) is 4.79 Å². The summed E-state index contributed by atoms with van der Waals surface area (Å²) < 4.78 is 0. The molecular formula is C17H20N2O. The zero-order chi connectivity index (χ0) is 14.5. The summed E-state index contributed by atoms with van der Waals surface area (Å²) in [6.45, 7) is 2.67. The molecule has 3 nitrogen and oxygen atoms in total. The zero-order valence-corrected chi connectivity index (χ0v) is 12.0. The van der Waals surface area contributed by atoms with E-state index < -0.39 is 0 Å². The van der Waals surface area contributed by atoms with E-state index in [-0.39, 0.29) is 5.91 Å². The quantitative estimate of drug-likeness (QED) is 0.867. The monoisotopic (exact) mass is 268 g/mol. The molecule has 0 aliphatic carbocycles. The first-order valence-corrected chi connectivity index (χ1v) is 6.69. The first kappa shape index (κ1) is 14.1. The van der Waals surface area contributed by atoms with E-state index in [2.05, 4.69) is 19.1 Å². The van der Waals surface area contributed by atoms with Crippen molar-refractivity contribution in [2.45, 2.75) is 19.9 Å². The van der Waals surface area contributed by atoms with Crippen molar-refractivity contribution in [2.75, 3.05) is 12.8 Å². The van der Waals surface area contributed by atoms with Gasteiger partial charge in [-0.25, -0.2) is 0 Å². The molecule has 0 heterocycles. The van der Waals surface area contributed by atoms with Crippen molar-refractivity contribution < 1.29 is 4.79 Å². The molecule has 0 aromatic heterocycles. The van der Waals surface area contributed by atoms with Gasteiger partial charge < -0.3 is 10.6 Å². The third kappa shape index (κ3) is 3.60. The van der Waals surface area contributed by atoms with Gasteiger partial charge in [0.05, 0.1) is 6.42 Å². The number of nitrogens with two attached hydrogens (primary N) is 1. The first-order chi connectivity index (χ1) is 9.56. The van der Waals surface area contributed by atoms with E-state index in [1.165, 1.54) is 5.56 Å². The van der Waals surface area contributed by atoms with Crippen LogP contribution in [0.3, 0.4) is 0 Å². The number of carbonyl (C=O) groups excluding carboxylic acids is 1. The van der Waals surface area contributed by atoms with E-state index in [1.54, 1.807) is 4.90 Å². The van der Waals surface area contributed by atoms with Crippen molar-refractivity contribution in [3.8, 4) is 0 Å². The second-order valence-corrected chi connectivity index (χ2v) is 5.11. The molecule has 2 aromatic rings. The molecule has 0 spiro atoms. The van der Waals surface area contributed by atoms with Crippen LogP contribution in [0, 0.1) is 6.92 Å². The van der Waals surface area contributed by atoms with E-state index >= 15 is 0 Å². The number of nitrogen functional groups attached to an aromatic ring is 1. The van der Waals surface area contributed by atoms with Crippen LogP contribution in [0.5, 0.6) is 0 Å². The number of para-hydroxylation sites is 1. The lowest BCUT2D eigenvalue weighted by molar-refractivity contribution is -0.129. The van der Waals surface area contributed by atoms with E-state index in [1.807, 2.05) is 43.4 Å². The van der Waals surface area contributed by atoms with Gasteiger partial charge in [0.15, 0.2) is 0 Å². The minimum absolute atomic E-state index is 0.0735. The van der Waals surface area contributed by atoms with Crippen LogP contribution in [0.4, 0.5) is 5.69 Å². The van der Waals surface area contributed by atoms with Gasteiger partial charge in [-0.3, -0.25) is 4.79 Å². The number of amides is 1. The standard InChI is InChI=1S/C17H20N2O/c1-13-6-5-7-14(10-13)12-19(2)17(20)11-15-8-3-4-9-16(15)18/h3-10H,11-12,18H2,1-2H3. The molecule has 0 unspecified atom stereocenters. The Bertz CT molecular complexity index is 607. The molecule has 1 amide bonds. The fourth-order valence-electron chi connectivity index (χ4n) is 2.17. The normalized spacial score (nSPS) is 10.3. The minimum atomic E-state index is 0.0735. The van der Waals surface area contributed by atoms with E-state index in [0.29, 0.717) is 18.7 Å². The molecule has 0 aliphatic heterocycles. The topological polar surface area (TPSA) is 46.3 Å². The van der Waals surface area contributed by atoms with E-state index in [4.69, 9.17) is 5.73 Å². The second kappa shape index (κ2) is 6.24. The number of likely N-dealkylation sites (N-methyl/N-ethyl adjacent to an activating group) is 1. The number of nitrogens with zero attached hydrogens (tertiary/aromatic N) is 1. The largest absolute Gasteiger partial charge is 0.398 e. The molecule has 104 valence electrons. The molecule has 0 radical (unpaired) electrons. The average molecular weight is 268 g/mol. The molecule has 0 saturated carbocycles. The molecular weight excluding hydrogens is 248 g/mol. The van der Waals surface area contributed by atoms with Gasteiger partial charge in [-0.15, -0.1) is 0 Å². The Labute approximate surface area is 120 Å². The number of carbonyl (C=O) groups is 1. The predicted molar refractivity (Wildman–Crippen MR) is 82.2 cm³/mol. The number of aryl methyl sites for hydroxylation is 1. The molecule has 2 aromatic carbocycles. The highest BCUT2D eigenvalue weighted by Gasteiger charge is 2.11. The molecule has 0 fully saturated rings. The Hall–Kier alpha value is -2.29. The number of hydrogen-bond acceptors (Lipinski definition) is 2. The molecule has 0 saturated heterocycles. The van der Waals surface area contributed by atoms with Crippen LogP contribution in [0.25, 0.3) is 0 Å². The second-order valence-electron chi connectivity index (χ2n) is 5.11. The SMILES string of the molecule is Cc1cccc(CN(C)C(=O)Cc2ccccc2N)c1. The molecule has 0 atom stereocenters. The fraction of sp³-hybridized carbons (Fsp3) is 0.235. The van der Waals surface area contributed by atoms with Crippen LogP contribution in [-0.2, 0) is 17.8 Å². The maximum absolute atomic E-state index is 12.2. The summed E-state index contributed by atoms with van der Waals surface area (Å²) in [5.74, 6) is 0.0735. The average Bonchev–Trinajstić information content (AvgIpc) is 2.41. The van der Waals surface area contributed by atoms with Crippen molar-refractivity contribution in [2.24, 2.45) is 0 Å². The van der Waals surface area contributed by atoms with Gasteiger partial charge in [-0.05, 0) is 24.1 Å². The maximum Gasteiger partial charge on any atom is 0.227 e. The molecule has 20 heavy (non-hydrogen) atoms. The number of benzene rings is 2. The van der Waals surface area contributed by atoms with E-state index in [0.717, 1.165) is 11.1 Å². The zero-order valence-electron chi connectivity index (χ0n) is 12.0. The summed E-state index contributed by atoms with van der Waals surface area (Å²) >= 11 is 0. The van der Waals surface area contributed by atoms with Crippen molar-refractivity contribution in [1.29, 1.82) is 0 Å². The van der Waals surface area contributed by atoms with Crippen LogP contribution < -0.4 is 5.73 Å². The van der Waals surface area contributed by atoms with Crippen LogP contribution >= 0.6 is 0 Å². The Balaban J connectivity index is 2.01. The Kier molecular flexibility index (Phi) is 4.41. The lowest BCUT2D eigenvalue weighted by atomic mass is 10.1. The fourth-order valence-corrected chi connectivity index (χ4v) is 2.17. The van der Waals surface area contributed by atoms with Gasteiger partial charge in [0.25, 0.3) is 0 Å². The number of anilines is 1. The van der Waals surface area contributed by atoms with Crippen molar-refractivity contribution in [3.63, 3.8) is 0 Å². The summed E-state index contributed by atoms with van der Waals surface area (Å²) in [5, 5.41) is 0. The lowest BCUT2D eigenvalue weighted by Gasteiger charge is -2.18. The molecule has 0 aliphatic rings. The highest BCUT2D eigenvalue weighted by Crippen LogP contribution is 2.13. The predicted octanol–water partition coefficient (Wildman–Crippen LogP) is 2.78. The van der Waals surface area contributed by atoms with Gasteiger partial charge in [-0.2, -0.15) is 0 Å². The Morgan fingerprint density at radius 3 is 2.60 bits per heavy atom. The van der Waals surface area contributed by atoms with Gasteiger partial charge in [0.2, 0.25) is 5.91 Å². The molecule has 0 bridgehead atoms. The van der Waals surface area contributed by atoms with Crippen LogP contribution in [0.15, 0.2) is 48.5 Å². The summed E-state index contributed by atoms with van der Waals surface area (Å²) in [6.07, 6.45) is 0.342. The maximum atomic E-state index is 12.2. The summed E-state index contributed by atoms with van der Waals surface area (Å²) in [6, 6.07) is 15.7. The summed E-state index contributed by atoms with van der Waals surface area (Å²) in [5.41, 5.74) is 9.77. The van der Waals surface area contributed by atoms with Crippen molar-refractivity contribution in [1.82, 2.24) is 4.90 Å². The van der Waals surface area contributed by atoms with Crippen LogP contribution in [-0.4, -0.2) is 17.9 Å². The van der Waals surface area contributed by atoms with Crippen LogP contribution in [0.2, 0.25) is 0 Å². The molecule has 2 rings (SSSR count). The lowest BCUT2D eigenvalue weighted by Crippen LogP contribution is -2.28. The third-order valence-electron chi connectivity index (χ3n) is 3.32. The highest BCUT2D eigenvalue weighted by atomic mass is 16.2. The first-order valence-electron chi connectivity index (χ1n) is 6.69. The van der Waals surface area contributed by atoms with Gasteiger partial charge in [0, 0.05) is 19.3 Å². The van der Waals surface area contributed by atoms with Gasteiger partial charge in [0.1, 0.15) is 0 Å². The number of hydrogen-bond donors (Lipinski definition) is 1. The Morgan fingerprint density at radius 1 is 1.15 bits per heavy atom. The van der Waals surface area contributed by atoms with Gasteiger partial charge in [-0.1, -0.05) is 48.0 Å². The minimum Gasteiger partial charge on any atom is -0.398 e. The Morgan fingerprint density at radius 2 is 1.90 bits per heavy atom. The molecule has 2 N–H and O–H groups in total. The van der Waals surface area contributed by atoms with Crippen LogP contribution in [0.1, 0.15) is 16.7 Å². The van der Waals surface area contributed by atoms with Gasteiger partial charge >= 0.3 is 0 Å². The highest BCUT2D eigenvalue weighted by molar-refractivity contribution is 5.80.